The van der Waals surface area contributed by atoms with Crippen molar-refractivity contribution in [1.29, 1.82) is 0 Å². The number of hydrogen-bond donors (Lipinski definition) is 2. The zero-order chi connectivity index (χ0) is 15.7. The lowest BCUT2D eigenvalue weighted by Gasteiger charge is -2.15. The Morgan fingerprint density at radius 3 is 2.19 bits per heavy atom. The second kappa shape index (κ2) is 5.40. The van der Waals surface area contributed by atoms with Crippen molar-refractivity contribution >= 4 is 11.6 Å². The molecule has 0 aliphatic carbocycles. The molecule has 0 unspecified atom stereocenters. The summed E-state index contributed by atoms with van der Waals surface area (Å²) < 4.78 is 32.5. The molecule has 6 heteroatoms. The van der Waals surface area contributed by atoms with E-state index in [0.29, 0.717) is 22.4 Å². The first-order valence-electron chi connectivity index (χ1n) is 6.13. The highest BCUT2D eigenvalue weighted by molar-refractivity contribution is 5.93. The predicted molar refractivity (Wildman–Crippen MR) is 75.3 cm³/mol. The highest BCUT2D eigenvalue weighted by Gasteiger charge is 2.17. The third kappa shape index (κ3) is 2.79. The summed E-state index contributed by atoms with van der Waals surface area (Å²) in [7, 11) is 0. The Morgan fingerprint density at radius 2 is 1.67 bits per heavy atom. The van der Waals surface area contributed by atoms with Gasteiger partial charge in [-0.15, -0.1) is 0 Å². The van der Waals surface area contributed by atoms with Gasteiger partial charge in [-0.1, -0.05) is 0 Å². The minimum absolute atomic E-state index is 0.0216. The molecule has 0 saturated carbocycles. The SMILES string of the molecule is Cc1cc(C(N)=O)cc(C)c1Oc1c(N)ccc(F)c1F. The van der Waals surface area contributed by atoms with Gasteiger partial charge in [-0.25, -0.2) is 4.39 Å². The molecule has 1 amide bonds. The molecular weight excluding hydrogens is 278 g/mol. The first kappa shape index (κ1) is 14.8. The number of ether oxygens (including phenoxy) is 1. The van der Waals surface area contributed by atoms with Crippen LogP contribution < -0.4 is 16.2 Å². The Bertz CT molecular complexity index is 707. The van der Waals surface area contributed by atoms with E-state index in [1.807, 2.05) is 0 Å². The number of nitrogen functional groups attached to an aromatic ring is 1. The topological polar surface area (TPSA) is 78.3 Å². The van der Waals surface area contributed by atoms with Gasteiger partial charge in [0.15, 0.2) is 11.6 Å². The number of carbonyl (C=O) groups excluding carboxylic acids is 1. The molecular formula is C15H14F2N2O2. The van der Waals surface area contributed by atoms with E-state index in [1.54, 1.807) is 13.8 Å². The molecule has 4 nitrogen and oxygen atoms in total. The highest BCUT2D eigenvalue weighted by Crippen LogP contribution is 2.35. The van der Waals surface area contributed by atoms with Crippen molar-refractivity contribution in [1.82, 2.24) is 0 Å². The largest absolute Gasteiger partial charge is 0.451 e. The van der Waals surface area contributed by atoms with Gasteiger partial charge in [0, 0.05) is 5.56 Å². The Balaban J connectivity index is 2.51. The summed E-state index contributed by atoms with van der Waals surface area (Å²) in [6, 6.07) is 5.17. The van der Waals surface area contributed by atoms with Crippen LogP contribution in [0.5, 0.6) is 11.5 Å². The molecule has 0 radical (unpaired) electrons. The zero-order valence-electron chi connectivity index (χ0n) is 11.5. The lowest BCUT2D eigenvalue weighted by molar-refractivity contribution is 0.1000. The van der Waals surface area contributed by atoms with Crippen LogP contribution in [0, 0.1) is 25.5 Å². The summed E-state index contributed by atoms with van der Waals surface area (Å²) in [5.74, 6) is -2.87. The number of carbonyl (C=O) groups is 1. The van der Waals surface area contributed by atoms with Crippen molar-refractivity contribution in [2.75, 3.05) is 5.73 Å². The van der Waals surface area contributed by atoms with Crippen LogP contribution in [-0.4, -0.2) is 5.91 Å². The summed E-state index contributed by atoms with van der Waals surface area (Å²) in [5.41, 5.74) is 12.2. The molecule has 21 heavy (non-hydrogen) atoms. The van der Waals surface area contributed by atoms with E-state index >= 15 is 0 Å². The summed E-state index contributed by atoms with van der Waals surface area (Å²) in [4.78, 5) is 11.2. The van der Waals surface area contributed by atoms with Crippen molar-refractivity contribution in [3.8, 4) is 11.5 Å². The van der Waals surface area contributed by atoms with Gasteiger partial charge in [-0.05, 0) is 49.2 Å². The van der Waals surface area contributed by atoms with Gasteiger partial charge in [-0.3, -0.25) is 4.79 Å². The van der Waals surface area contributed by atoms with Gasteiger partial charge in [-0.2, -0.15) is 4.39 Å². The maximum Gasteiger partial charge on any atom is 0.248 e. The second-order valence-corrected chi connectivity index (χ2v) is 4.69. The molecule has 0 aromatic heterocycles. The average Bonchev–Trinajstić information content (AvgIpc) is 2.41. The summed E-state index contributed by atoms with van der Waals surface area (Å²) in [6.45, 7) is 3.34. The van der Waals surface area contributed by atoms with Crippen molar-refractivity contribution in [2.24, 2.45) is 5.73 Å². The summed E-state index contributed by atoms with van der Waals surface area (Å²) in [6.07, 6.45) is 0. The van der Waals surface area contributed by atoms with Crippen molar-refractivity contribution in [2.45, 2.75) is 13.8 Å². The number of aryl methyl sites for hydroxylation is 2. The van der Waals surface area contributed by atoms with Crippen LogP contribution in [-0.2, 0) is 0 Å². The van der Waals surface area contributed by atoms with Crippen LogP contribution in [0.1, 0.15) is 21.5 Å². The first-order chi connectivity index (χ1) is 9.81. The maximum absolute atomic E-state index is 13.8. The average molecular weight is 292 g/mol. The number of benzene rings is 2. The van der Waals surface area contributed by atoms with Crippen LogP contribution >= 0.6 is 0 Å². The van der Waals surface area contributed by atoms with Gasteiger partial charge in [0.2, 0.25) is 11.7 Å². The van der Waals surface area contributed by atoms with Crippen molar-refractivity contribution in [3.05, 3.63) is 52.6 Å². The second-order valence-electron chi connectivity index (χ2n) is 4.69. The highest BCUT2D eigenvalue weighted by atomic mass is 19.2. The monoisotopic (exact) mass is 292 g/mol. The first-order valence-corrected chi connectivity index (χ1v) is 6.13. The molecule has 0 aliphatic heterocycles. The van der Waals surface area contributed by atoms with Gasteiger partial charge >= 0.3 is 0 Å². The fourth-order valence-corrected chi connectivity index (χ4v) is 2.01. The van der Waals surface area contributed by atoms with Gasteiger partial charge in [0.1, 0.15) is 5.75 Å². The van der Waals surface area contributed by atoms with Crippen LogP contribution in [0.2, 0.25) is 0 Å². The number of rotatable bonds is 3. The van der Waals surface area contributed by atoms with E-state index in [0.717, 1.165) is 6.07 Å². The van der Waals surface area contributed by atoms with Crippen molar-refractivity contribution in [3.63, 3.8) is 0 Å². The van der Waals surface area contributed by atoms with E-state index in [1.165, 1.54) is 18.2 Å². The molecule has 0 heterocycles. The molecule has 0 saturated heterocycles. The lowest BCUT2D eigenvalue weighted by Crippen LogP contribution is -2.11. The smallest absolute Gasteiger partial charge is 0.248 e. The third-order valence-corrected chi connectivity index (χ3v) is 3.03. The quantitative estimate of drug-likeness (QED) is 0.853. The third-order valence-electron chi connectivity index (χ3n) is 3.03. The molecule has 2 aromatic carbocycles. The molecule has 0 fully saturated rings. The molecule has 2 rings (SSSR count). The van der Waals surface area contributed by atoms with Crippen LogP contribution in [0.15, 0.2) is 24.3 Å². The fraction of sp³-hybridized carbons (Fsp3) is 0.133. The number of halogens is 2. The standard InChI is InChI=1S/C15H14F2N2O2/c1-7-5-9(15(19)20)6-8(2)13(7)21-14-11(18)4-3-10(16)12(14)17/h3-6H,18H2,1-2H3,(H2,19,20). The van der Waals surface area contributed by atoms with E-state index in [2.05, 4.69) is 0 Å². The molecule has 2 aromatic rings. The van der Waals surface area contributed by atoms with Crippen molar-refractivity contribution < 1.29 is 18.3 Å². The van der Waals surface area contributed by atoms with Crippen LogP contribution in [0.4, 0.5) is 14.5 Å². The Morgan fingerprint density at radius 1 is 1.10 bits per heavy atom. The van der Waals surface area contributed by atoms with Gasteiger partial charge < -0.3 is 16.2 Å². The van der Waals surface area contributed by atoms with Crippen LogP contribution in [0.25, 0.3) is 0 Å². The normalized spacial score (nSPS) is 10.5. The minimum Gasteiger partial charge on any atom is -0.451 e. The molecule has 110 valence electrons. The maximum atomic E-state index is 13.8. The summed E-state index contributed by atoms with van der Waals surface area (Å²) >= 11 is 0. The number of nitrogens with two attached hydrogens (primary N) is 2. The predicted octanol–water partition coefficient (Wildman–Crippen LogP) is 3.06. The number of hydrogen-bond acceptors (Lipinski definition) is 3. The molecule has 0 aliphatic rings. The molecule has 0 spiro atoms. The Labute approximate surface area is 120 Å². The molecule has 0 atom stereocenters. The zero-order valence-corrected chi connectivity index (χ0v) is 11.5. The van der Waals surface area contributed by atoms with E-state index < -0.39 is 17.5 Å². The number of amides is 1. The van der Waals surface area contributed by atoms with E-state index in [9.17, 15) is 13.6 Å². The van der Waals surface area contributed by atoms with Crippen LogP contribution in [0.3, 0.4) is 0 Å². The number of primary amides is 1. The fourth-order valence-electron chi connectivity index (χ4n) is 2.01. The van der Waals surface area contributed by atoms with E-state index in [4.69, 9.17) is 16.2 Å². The summed E-state index contributed by atoms with van der Waals surface area (Å²) in [5, 5.41) is 0. The molecule has 0 bridgehead atoms. The Kier molecular flexibility index (Phi) is 3.80. The van der Waals surface area contributed by atoms with Gasteiger partial charge in [0.25, 0.3) is 0 Å². The number of anilines is 1. The molecule has 4 N–H and O–H groups in total. The van der Waals surface area contributed by atoms with E-state index in [-0.39, 0.29) is 11.4 Å². The lowest BCUT2D eigenvalue weighted by atomic mass is 10.1. The minimum atomic E-state index is -1.16. The van der Waals surface area contributed by atoms with Gasteiger partial charge in [0.05, 0.1) is 5.69 Å². The Hall–Kier alpha value is -2.63.